The standard InChI is InChI=1S/C13H21N7O4/c14-7-3-4-10(20(23)24)8(6-7)12(22)19-9(11(15)21)2-1-5-18-13(16)17/h3-4,6,9,20,23H,1-2,5,14H2,(H2,15,21)(H,19,22)(H4,16,17,18)/t9-/m0/s1. The first-order chi connectivity index (χ1) is 11.2. The van der Waals surface area contributed by atoms with E-state index in [0.29, 0.717) is 13.0 Å². The van der Waals surface area contributed by atoms with Gasteiger partial charge >= 0.3 is 0 Å². The lowest BCUT2D eigenvalue weighted by Gasteiger charge is -2.19. The first-order valence-electron chi connectivity index (χ1n) is 7.03. The minimum absolute atomic E-state index is 0.157. The summed E-state index contributed by atoms with van der Waals surface area (Å²) in [6.07, 6.45) is 0.613. The van der Waals surface area contributed by atoms with E-state index in [1.165, 1.54) is 18.2 Å². The minimum Gasteiger partial charge on any atom is -0.595 e. The van der Waals surface area contributed by atoms with Crippen LogP contribution in [-0.2, 0) is 4.79 Å². The van der Waals surface area contributed by atoms with Crippen molar-refractivity contribution in [3.63, 3.8) is 0 Å². The number of carbonyl (C=O) groups excluding carboxylic acids is 2. The van der Waals surface area contributed by atoms with Crippen molar-refractivity contribution in [2.75, 3.05) is 12.3 Å². The summed E-state index contributed by atoms with van der Waals surface area (Å²) in [5.41, 5.74) is 15.8. The smallest absolute Gasteiger partial charge is 0.258 e. The predicted octanol–water partition coefficient (Wildman–Crippen LogP) is -2.48. The van der Waals surface area contributed by atoms with Crippen molar-refractivity contribution in [2.24, 2.45) is 11.5 Å². The van der Waals surface area contributed by atoms with Crippen molar-refractivity contribution in [1.82, 2.24) is 10.6 Å². The molecule has 11 heteroatoms. The van der Waals surface area contributed by atoms with Crippen molar-refractivity contribution >= 4 is 29.1 Å². The summed E-state index contributed by atoms with van der Waals surface area (Å²) < 4.78 is 0. The monoisotopic (exact) mass is 339 g/mol. The lowest BCUT2D eigenvalue weighted by Crippen LogP contribution is -2.99. The summed E-state index contributed by atoms with van der Waals surface area (Å²) >= 11 is 0. The summed E-state index contributed by atoms with van der Waals surface area (Å²) in [6.45, 7) is 0.327. The fraction of sp³-hybridized carbons (Fsp3) is 0.308. The first kappa shape index (κ1) is 19.2. The largest absolute Gasteiger partial charge is 0.595 e. The number of hydrogen-bond donors (Lipinski definition) is 8. The van der Waals surface area contributed by atoms with Gasteiger partial charge in [-0.25, -0.2) is 5.21 Å². The molecule has 2 atom stereocenters. The second-order valence-corrected chi connectivity index (χ2v) is 5.02. The number of nitrogen functional groups attached to an aromatic ring is 1. The molecular formula is C13H21N7O4. The number of nitrogens with one attached hydrogen (secondary N) is 4. The fourth-order valence-corrected chi connectivity index (χ4v) is 1.99. The molecule has 0 aliphatic heterocycles. The lowest BCUT2D eigenvalue weighted by atomic mass is 10.1. The van der Waals surface area contributed by atoms with E-state index < -0.39 is 23.1 Å². The first-order valence-corrected chi connectivity index (χ1v) is 7.03. The molecule has 0 radical (unpaired) electrons. The highest BCUT2D eigenvalue weighted by Crippen LogP contribution is 2.15. The number of guanidine groups is 1. The summed E-state index contributed by atoms with van der Waals surface area (Å²) in [6, 6.07) is 2.80. The number of hydrogen-bond acceptors (Lipinski definition) is 6. The van der Waals surface area contributed by atoms with Gasteiger partial charge in [-0.1, -0.05) is 0 Å². The SMILES string of the molecule is N=C(N)NCCC[C@H](NC(=O)c1cc(N)ccc1[NH+]([O-])O)C(N)=O. The van der Waals surface area contributed by atoms with Crippen LogP contribution in [-0.4, -0.2) is 35.6 Å². The minimum atomic E-state index is -1.29. The molecule has 1 aromatic carbocycles. The molecule has 24 heavy (non-hydrogen) atoms. The van der Waals surface area contributed by atoms with Crippen LogP contribution in [0.25, 0.3) is 0 Å². The Balaban J connectivity index is 2.80. The highest BCUT2D eigenvalue weighted by molar-refractivity contribution is 6.01. The molecule has 11 nitrogen and oxygen atoms in total. The van der Waals surface area contributed by atoms with Crippen LogP contribution in [0, 0.1) is 10.6 Å². The molecule has 0 aromatic heterocycles. The van der Waals surface area contributed by atoms with Gasteiger partial charge in [0, 0.05) is 18.3 Å². The van der Waals surface area contributed by atoms with Crippen LogP contribution < -0.4 is 33.1 Å². The third-order valence-corrected chi connectivity index (χ3v) is 3.15. The van der Waals surface area contributed by atoms with E-state index in [-0.39, 0.29) is 29.3 Å². The van der Waals surface area contributed by atoms with Crippen LogP contribution in [0.1, 0.15) is 23.2 Å². The molecule has 132 valence electrons. The van der Waals surface area contributed by atoms with Gasteiger partial charge in [0.25, 0.3) is 5.91 Å². The van der Waals surface area contributed by atoms with Gasteiger partial charge in [0.05, 0.1) is 0 Å². The number of primary amides is 1. The number of amides is 2. The van der Waals surface area contributed by atoms with E-state index in [1.54, 1.807) is 0 Å². The lowest BCUT2D eigenvalue weighted by molar-refractivity contribution is -0.991. The number of quaternary nitrogens is 1. The van der Waals surface area contributed by atoms with Crippen LogP contribution in [0.15, 0.2) is 18.2 Å². The molecule has 0 fully saturated rings. The second kappa shape index (κ2) is 8.67. The van der Waals surface area contributed by atoms with Crippen molar-refractivity contribution in [1.29, 1.82) is 5.41 Å². The van der Waals surface area contributed by atoms with Gasteiger partial charge in [0.1, 0.15) is 11.6 Å². The Morgan fingerprint density at radius 3 is 2.58 bits per heavy atom. The van der Waals surface area contributed by atoms with Gasteiger partial charge < -0.3 is 33.0 Å². The Morgan fingerprint density at radius 1 is 1.38 bits per heavy atom. The van der Waals surface area contributed by atoms with Gasteiger partial charge in [0.2, 0.25) is 5.91 Å². The molecule has 1 rings (SSSR count). The van der Waals surface area contributed by atoms with Crippen molar-refractivity contribution in [3.05, 3.63) is 29.0 Å². The molecule has 0 aliphatic carbocycles. The highest BCUT2D eigenvalue weighted by atomic mass is 16.8. The summed E-state index contributed by atoms with van der Waals surface area (Å²) in [7, 11) is 0. The molecule has 1 unspecified atom stereocenters. The average Bonchev–Trinajstić information content (AvgIpc) is 2.49. The molecule has 2 amide bonds. The van der Waals surface area contributed by atoms with E-state index in [1.807, 2.05) is 0 Å². The third kappa shape index (κ3) is 5.72. The van der Waals surface area contributed by atoms with Gasteiger partial charge in [-0.2, -0.15) is 5.23 Å². The zero-order chi connectivity index (χ0) is 18.3. The molecule has 0 spiro atoms. The van der Waals surface area contributed by atoms with Gasteiger partial charge in [-0.3, -0.25) is 15.0 Å². The maximum Gasteiger partial charge on any atom is 0.258 e. The third-order valence-electron chi connectivity index (χ3n) is 3.15. The van der Waals surface area contributed by atoms with Crippen molar-refractivity contribution in [3.8, 4) is 0 Å². The van der Waals surface area contributed by atoms with Gasteiger partial charge in [-0.15, -0.1) is 0 Å². The molecule has 1 aromatic rings. The molecule has 11 N–H and O–H groups in total. The van der Waals surface area contributed by atoms with E-state index in [4.69, 9.17) is 27.8 Å². The highest BCUT2D eigenvalue weighted by Gasteiger charge is 2.22. The normalized spacial score (nSPS) is 12.9. The molecule has 0 bridgehead atoms. The predicted molar refractivity (Wildman–Crippen MR) is 86.2 cm³/mol. The van der Waals surface area contributed by atoms with E-state index >= 15 is 0 Å². The number of anilines is 1. The molecular weight excluding hydrogens is 318 g/mol. The maximum atomic E-state index is 12.3. The van der Waals surface area contributed by atoms with Gasteiger partial charge in [0.15, 0.2) is 11.6 Å². The van der Waals surface area contributed by atoms with Crippen molar-refractivity contribution in [2.45, 2.75) is 18.9 Å². The van der Waals surface area contributed by atoms with Crippen molar-refractivity contribution < 1.29 is 20.0 Å². The Hall–Kier alpha value is -2.89. The number of carbonyl (C=O) groups is 2. The van der Waals surface area contributed by atoms with Crippen LogP contribution in [0.2, 0.25) is 0 Å². The van der Waals surface area contributed by atoms with E-state index in [9.17, 15) is 14.8 Å². The van der Waals surface area contributed by atoms with E-state index in [0.717, 1.165) is 0 Å². The maximum absolute atomic E-state index is 12.3. The summed E-state index contributed by atoms with van der Waals surface area (Å²) in [4.78, 5) is 23.7. The Labute approximate surface area is 137 Å². The van der Waals surface area contributed by atoms with Crippen LogP contribution in [0.5, 0.6) is 0 Å². The number of rotatable bonds is 8. The molecule has 0 heterocycles. The number of nitrogens with two attached hydrogens (primary N) is 3. The fourth-order valence-electron chi connectivity index (χ4n) is 1.99. The Bertz CT molecular complexity index is 620. The summed E-state index contributed by atoms with van der Waals surface area (Å²) in [5.74, 6) is -1.73. The zero-order valence-corrected chi connectivity index (χ0v) is 12.8. The topological polar surface area (TPSA) is 208 Å². The van der Waals surface area contributed by atoms with E-state index in [2.05, 4.69) is 10.6 Å². The Kier molecular flexibility index (Phi) is 6.92. The zero-order valence-electron chi connectivity index (χ0n) is 12.8. The quantitative estimate of drug-likeness (QED) is 0.0839. The second-order valence-electron chi connectivity index (χ2n) is 5.02. The summed E-state index contributed by atoms with van der Waals surface area (Å²) in [5, 5.41) is 31.0. The number of benzene rings is 1. The molecule has 0 saturated heterocycles. The average molecular weight is 339 g/mol. The van der Waals surface area contributed by atoms with Gasteiger partial charge in [-0.05, 0) is 25.0 Å². The molecule has 0 saturated carbocycles. The molecule has 0 aliphatic rings. The van der Waals surface area contributed by atoms with Crippen LogP contribution >= 0.6 is 0 Å². The van der Waals surface area contributed by atoms with Crippen LogP contribution in [0.4, 0.5) is 11.4 Å². The van der Waals surface area contributed by atoms with Crippen LogP contribution in [0.3, 0.4) is 0 Å². The Morgan fingerprint density at radius 2 is 2.04 bits per heavy atom.